The molecule has 0 fully saturated rings. The molecule has 0 aliphatic rings. The Kier molecular flexibility index (Phi) is 16.0. The van der Waals surface area contributed by atoms with Gasteiger partial charge in [-0.25, -0.2) is 28.0 Å². The lowest BCUT2D eigenvalue weighted by Gasteiger charge is -2.29. The van der Waals surface area contributed by atoms with E-state index in [-0.39, 0.29) is 32.6 Å². The average molecular weight is 543 g/mol. The number of hydroxylamine groups is 3. The average Bonchev–Trinajstić information content (AvgIpc) is 2.79. The summed E-state index contributed by atoms with van der Waals surface area (Å²) in [6.45, 7) is 10.1. The van der Waals surface area contributed by atoms with Crippen LogP contribution in [0.1, 0.15) is 73.6 Å². The van der Waals surface area contributed by atoms with Gasteiger partial charge in [-0.15, -0.1) is 4.76 Å². The van der Waals surface area contributed by atoms with Gasteiger partial charge >= 0.3 is 32.0 Å². The van der Waals surface area contributed by atoms with E-state index in [1.165, 1.54) is 14.0 Å². The molecular formula is C21H41N3O11P+. The van der Waals surface area contributed by atoms with Crippen molar-refractivity contribution < 1.29 is 56.4 Å². The molecule has 0 aromatic heterocycles. The van der Waals surface area contributed by atoms with E-state index in [2.05, 4.69) is 4.76 Å². The third-order valence-corrected chi connectivity index (χ3v) is 5.61. The minimum atomic E-state index is -4.66. The number of nitrogens with two attached hydrogens (primary N) is 1. The van der Waals surface area contributed by atoms with Crippen LogP contribution in [0.25, 0.3) is 0 Å². The van der Waals surface area contributed by atoms with Crippen molar-refractivity contribution in [3.05, 3.63) is 0 Å². The lowest BCUT2D eigenvalue weighted by molar-refractivity contribution is -1.00. The zero-order valence-corrected chi connectivity index (χ0v) is 23.1. The second-order valence-corrected chi connectivity index (χ2v) is 9.21. The molecule has 0 rings (SSSR count). The molecule has 0 aromatic carbocycles. The fourth-order valence-corrected chi connectivity index (χ4v) is 4.08. The number of nitrogens with zero attached hydrogens (tertiary/aromatic N) is 2. The highest BCUT2D eigenvalue weighted by Crippen LogP contribution is 2.53. The Balaban J connectivity index is 6.13. The van der Waals surface area contributed by atoms with Gasteiger partial charge in [0.1, 0.15) is 13.6 Å². The lowest BCUT2D eigenvalue weighted by atomic mass is 10.4. The molecule has 0 aliphatic heterocycles. The van der Waals surface area contributed by atoms with Gasteiger partial charge < -0.3 is 24.7 Å². The Labute approximate surface area is 212 Å². The second kappa shape index (κ2) is 17.1. The van der Waals surface area contributed by atoms with Crippen LogP contribution in [-0.4, -0.2) is 68.3 Å². The molecule has 3 unspecified atom stereocenters. The molecule has 14 nitrogen and oxygen atoms in total. The van der Waals surface area contributed by atoms with Gasteiger partial charge in [0.15, 0.2) is 0 Å². The summed E-state index contributed by atoms with van der Waals surface area (Å²) in [5, 5.41) is 0. The second-order valence-electron chi connectivity index (χ2n) is 7.65. The molecule has 0 aromatic rings. The molecule has 3 atom stereocenters. The zero-order chi connectivity index (χ0) is 27.8. The van der Waals surface area contributed by atoms with Gasteiger partial charge in [0, 0.05) is 19.8 Å². The number of guanidine groups is 1. The Morgan fingerprint density at radius 1 is 0.861 bits per heavy atom. The summed E-state index contributed by atoms with van der Waals surface area (Å²) in [5.74, 6) is -1.09. The molecule has 15 heteroatoms. The van der Waals surface area contributed by atoms with E-state index in [9.17, 15) is 18.9 Å². The van der Waals surface area contributed by atoms with Crippen molar-refractivity contribution in [3.63, 3.8) is 0 Å². The summed E-state index contributed by atoms with van der Waals surface area (Å²) in [6, 6.07) is 0. The first kappa shape index (κ1) is 33.6. The van der Waals surface area contributed by atoms with Gasteiger partial charge in [-0.05, 0) is 19.3 Å². The van der Waals surface area contributed by atoms with Crippen molar-refractivity contribution in [3.8, 4) is 0 Å². The molecule has 0 aliphatic carbocycles. The number of carbonyl (C=O) groups excluding carboxylic acids is 3. The van der Waals surface area contributed by atoms with Gasteiger partial charge in [-0.3, -0.25) is 4.84 Å². The van der Waals surface area contributed by atoms with Crippen LogP contribution >= 0.6 is 7.75 Å². The van der Waals surface area contributed by atoms with E-state index in [0.717, 1.165) is 0 Å². The molecule has 0 radical (unpaired) electrons. The standard InChI is InChI=1S/C21H41N3O11P/c1-8-13-24(7,33-16(6)25)19(22)23-36(28,34-17(11-4)31-20(26)29-14-9-2)35-18(12-5)32-21(27)30-15-10-3/h17-18H,8-15H2,1-7H3,(H2,22,23,28)/q+1. The number of ether oxygens (including phenoxy) is 4. The summed E-state index contributed by atoms with van der Waals surface area (Å²) < 4.78 is 47.7. The van der Waals surface area contributed by atoms with E-state index in [1.54, 1.807) is 27.7 Å². The zero-order valence-electron chi connectivity index (χ0n) is 22.2. The van der Waals surface area contributed by atoms with E-state index in [1.807, 2.05) is 6.92 Å². The van der Waals surface area contributed by atoms with E-state index in [4.69, 9.17) is 38.6 Å². The molecule has 0 amide bonds. The van der Waals surface area contributed by atoms with Gasteiger partial charge in [0.05, 0.1) is 13.2 Å². The third-order valence-electron chi connectivity index (χ3n) is 4.16. The summed E-state index contributed by atoms with van der Waals surface area (Å²) in [7, 11) is -3.23. The quantitative estimate of drug-likeness (QED) is 0.0590. The Morgan fingerprint density at radius 2 is 1.31 bits per heavy atom. The van der Waals surface area contributed by atoms with Crippen LogP contribution in [0, 0.1) is 0 Å². The molecule has 0 saturated carbocycles. The third kappa shape index (κ3) is 13.1. The minimum absolute atomic E-state index is 0.0330. The van der Waals surface area contributed by atoms with Crippen molar-refractivity contribution in [1.82, 2.24) is 0 Å². The fraction of sp³-hybridized carbons (Fsp3) is 0.810. The van der Waals surface area contributed by atoms with Crippen LogP contribution < -0.4 is 5.73 Å². The summed E-state index contributed by atoms with van der Waals surface area (Å²) >= 11 is 0. The van der Waals surface area contributed by atoms with E-state index in [0.29, 0.717) is 19.3 Å². The van der Waals surface area contributed by atoms with Crippen LogP contribution in [0.4, 0.5) is 9.59 Å². The highest BCUT2D eigenvalue weighted by atomic mass is 31.2. The predicted molar refractivity (Wildman–Crippen MR) is 128 cm³/mol. The molecule has 2 N–H and O–H groups in total. The molecule has 0 heterocycles. The van der Waals surface area contributed by atoms with Gasteiger partial charge in [0.2, 0.25) is 12.6 Å². The number of carbonyl (C=O) groups is 3. The van der Waals surface area contributed by atoms with E-state index >= 15 is 0 Å². The van der Waals surface area contributed by atoms with Crippen LogP contribution in [0.5, 0.6) is 0 Å². The lowest BCUT2D eigenvalue weighted by Crippen LogP contribution is -2.54. The van der Waals surface area contributed by atoms with E-state index < -0.39 is 49.2 Å². The molecule has 210 valence electrons. The Morgan fingerprint density at radius 3 is 1.64 bits per heavy atom. The fourth-order valence-electron chi connectivity index (χ4n) is 2.52. The maximum absolute atomic E-state index is 13.8. The van der Waals surface area contributed by atoms with Gasteiger partial charge in [-0.1, -0.05) is 39.3 Å². The summed E-state index contributed by atoms with van der Waals surface area (Å²) in [5.41, 5.74) is 6.09. The van der Waals surface area contributed by atoms with Crippen molar-refractivity contribution in [1.29, 1.82) is 0 Å². The highest BCUT2D eigenvalue weighted by Gasteiger charge is 2.40. The van der Waals surface area contributed by atoms with Gasteiger partial charge in [0.25, 0.3) is 0 Å². The van der Waals surface area contributed by atoms with Crippen LogP contribution in [0.3, 0.4) is 0 Å². The number of hydrogen-bond acceptors (Lipinski definition) is 11. The number of hydrogen-bond donors (Lipinski definition) is 1. The molecule has 0 bridgehead atoms. The summed E-state index contributed by atoms with van der Waals surface area (Å²) in [4.78, 5) is 40.7. The van der Waals surface area contributed by atoms with Crippen LogP contribution in [0.2, 0.25) is 0 Å². The monoisotopic (exact) mass is 542 g/mol. The highest BCUT2D eigenvalue weighted by molar-refractivity contribution is 7.52. The van der Waals surface area contributed by atoms with Gasteiger partial charge in [-0.2, -0.15) is 0 Å². The minimum Gasteiger partial charge on any atom is -0.434 e. The first-order valence-electron chi connectivity index (χ1n) is 11.9. The maximum Gasteiger partial charge on any atom is 0.510 e. The van der Waals surface area contributed by atoms with Crippen molar-refractivity contribution in [2.45, 2.75) is 86.2 Å². The van der Waals surface area contributed by atoms with Crippen LogP contribution in [0.15, 0.2) is 4.76 Å². The first-order valence-corrected chi connectivity index (χ1v) is 13.4. The number of rotatable bonds is 15. The van der Waals surface area contributed by atoms with Crippen molar-refractivity contribution in [2.24, 2.45) is 10.5 Å². The van der Waals surface area contributed by atoms with Crippen LogP contribution in [-0.2, 0) is 42.2 Å². The summed E-state index contributed by atoms with van der Waals surface area (Å²) in [6.07, 6.45) is -3.24. The van der Waals surface area contributed by atoms with Crippen molar-refractivity contribution >= 4 is 32.0 Å². The predicted octanol–water partition coefficient (Wildman–Crippen LogP) is 4.38. The first-order chi connectivity index (χ1) is 16.9. The topological polar surface area (TPSA) is 171 Å². The Bertz CT molecular complexity index is 744. The molecule has 0 saturated heterocycles. The largest absolute Gasteiger partial charge is 0.510 e. The molecule has 0 spiro atoms. The van der Waals surface area contributed by atoms with Crippen molar-refractivity contribution in [2.75, 3.05) is 26.8 Å². The smallest absolute Gasteiger partial charge is 0.434 e. The number of quaternary nitrogens is 1. The maximum atomic E-state index is 13.8. The Hall–Kier alpha value is -2.41. The molecular weight excluding hydrogens is 501 g/mol. The molecule has 36 heavy (non-hydrogen) atoms. The normalized spacial score (nSPS) is 16.6. The SMILES string of the molecule is CCCOC(=O)OC(CC)OP(=O)(N=C(N)[N+](C)(CCC)OC(C)=O)OC(CC)OC(=O)OCCC.